The van der Waals surface area contributed by atoms with Gasteiger partial charge in [0.15, 0.2) is 0 Å². The van der Waals surface area contributed by atoms with Crippen LogP contribution in [0.3, 0.4) is 0 Å². The third-order valence-corrected chi connectivity index (χ3v) is 4.67. The molecule has 1 N–H and O–H groups in total. The molecule has 0 radical (unpaired) electrons. The highest BCUT2D eigenvalue weighted by molar-refractivity contribution is 6.30. The molecule has 112 valence electrons. The SMILES string of the molecule is O=C(Cc1ccc(Cl)cc1)N1C[C@@H]2COC[C@]2(C(=O)O)C1. The van der Waals surface area contributed by atoms with E-state index in [1.807, 2.05) is 12.1 Å². The number of aliphatic carboxylic acids is 1. The lowest BCUT2D eigenvalue weighted by Gasteiger charge is -2.22. The van der Waals surface area contributed by atoms with Crippen LogP contribution >= 0.6 is 11.6 Å². The summed E-state index contributed by atoms with van der Waals surface area (Å²) in [6.45, 7) is 1.30. The number of carboxylic acid groups (broad SMARTS) is 1. The smallest absolute Gasteiger partial charge is 0.314 e. The topological polar surface area (TPSA) is 66.8 Å². The van der Waals surface area contributed by atoms with Gasteiger partial charge in [-0.15, -0.1) is 0 Å². The Bertz CT molecular complexity index is 574. The number of likely N-dealkylation sites (tertiary alicyclic amines) is 1. The second-order valence-corrected chi connectivity index (χ2v) is 6.19. The minimum Gasteiger partial charge on any atom is -0.481 e. The van der Waals surface area contributed by atoms with Gasteiger partial charge in [0, 0.05) is 24.0 Å². The van der Waals surface area contributed by atoms with Crippen molar-refractivity contribution in [2.75, 3.05) is 26.3 Å². The summed E-state index contributed by atoms with van der Waals surface area (Å²) in [7, 11) is 0. The van der Waals surface area contributed by atoms with Crippen molar-refractivity contribution in [3.05, 3.63) is 34.9 Å². The van der Waals surface area contributed by atoms with Crippen molar-refractivity contribution in [1.29, 1.82) is 0 Å². The van der Waals surface area contributed by atoms with Gasteiger partial charge in [0.1, 0.15) is 5.41 Å². The standard InChI is InChI=1S/C15H16ClNO4/c16-12-3-1-10(2-4-12)5-13(18)17-6-11-7-21-9-15(11,8-17)14(19)20/h1-4,11H,5-9H2,(H,19,20)/t11-,15-/m1/s1. The molecule has 0 bridgehead atoms. The minimum absolute atomic E-state index is 0.0488. The number of benzene rings is 1. The van der Waals surface area contributed by atoms with E-state index in [1.165, 1.54) is 0 Å². The Balaban J connectivity index is 1.70. The maximum atomic E-state index is 12.4. The predicted molar refractivity (Wildman–Crippen MR) is 76.1 cm³/mol. The highest BCUT2D eigenvalue weighted by atomic mass is 35.5. The zero-order valence-electron chi connectivity index (χ0n) is 11.4. The monoisotopic (exact) mass is 309 g/mol. The third-order valence-electron chi connectivity index (χ3n) is 4.42. The Kier molecular flexibility index (Phi) is 3.63. The van der Waals surface area contributed by atoms with Crippen LogP contribution in [0, 0.1) is 11.3 Å². The number of hydrogen-bond donors (Lipinski definition) is 1. The van der Waals surface area contributed by atoms with Crippen molar-refractivity contribution in [2.24, 2.45) is 11.3 Å². The van der Waals surface area contributed by atoms with Crippen molar-refractivity contribution < 1.29 is 19.4 Å². The average Bonchev–Trinajstić information content (AvgIpc) is 2.99. The minimum atomic E-state index is -0.921. The molecule has 0 aromatic heterocycles. The maximum Gasteiger partial charge on any atom is 0.314 e. The lowest BCUT2D eigenvalue weighted by Crippen LogP contribution is -2.40. The first-order valence-corrected chi connectivity index (χ1v) is 7.22. The normalized spacial score (nSPS) is 27.7. The fourth-order valence-electron chi connectivity index (χ4n) is 3.12. The largest absolute Gasteiger partial charge is 0.481 e. The number of hydrogen-bond acceptors (Lipinski definition) is 3. The Morgan fingerprint density at radius 3 is 2.71 bits per heavy atom. The van der Waals surface area contributed by atoms with Crippen LogP contribution < -0.4 is 0 Å². The molecule has 1 amide bonds. The van der Waals surface area contributed by atoms with Gasteiger partial charge in [-0.25, -0.2) is 0 Å². The molecule has 5 nitrogen and oxygen atoms in total. The van der Waals surface area contributed by atoms with Crippen molar-refractivity contribution in [1.82, 2.24) is 4.90 Å². The lowest BCUT2D eigenvalue weighted by atomic mass is 9.81. The molecule has 2 heterocycles. The van der Waals surface area contributed by atoms with Gasteiger partial charge in [-0.3, -0.25) is 9.59 Å². The molecule has 0 unspecified atom stereocenters. The van der Waals surface area contributed by atoms with Gasteiger partial charge in [0.2, 0.25) is 5.91 Å². The summed E-state index contributed by atoms with van der Waals surface area (Å²) < 4.78 is 5.30. The highest BCUT2D eigenvalue weighted by Crippen LogP contribution is 2.41. The summed E-state index contributed by atoms with van der Waals surface area (Å²) >= 11 is 5.82. The van der Waals surface area contributed by atoms with E-state index in [4.69, 9.17) is 16.3 Å². The van der Waals surface area contributed by atoms with Crippen LogP contribution in [0.1, 0.15) is 5.56 Å². The molecule has 2 saturated heterocycles. The molecule has 1 aromatic carbocycles. The fraction of sp³-hybridized carbons (Fsp3) is 0.467. The number of halogens is 1. The summed E-state index contributed by atoms with van der Waals surface area (Å²) in [6.07, 6.45) is 0.264. The molecular formula is C15H16ClNO4. The van der Waals surface area contributed by atoms with Crippen molar-refractivity contribution >= 4 is 23.5 Å². The van der Waals surface area contributed by atoms with Crippen LogP contribution in [-0.2, 0) is 20.7 Å². The molecule has 0 saturated carbocycles. The number of carbonyl (C=O) groups is 2. The summed E-state index contributed by atoms with van der Waals surface area (Å²) in [5, 5.41) is 10.1. The summed E-state index contributed by atoms with van der Waals surface area (Å²) in [4.78, 5) is 25.5. The quantitative estimate of drug-likeness (QED) is 0.917. The lowest BCUT2D eigenvalue weighted by molar-refractivity contribution is -0.149. The second kappa shape index (κ2) is 5.31. The number of rotatable bonds is 3. The molecule has 0 spiro atoms. The summed E-state index contributed by atoms with van der Waals surface area (Å²) in [5.41, 5.74) is -0.0440. The van der Waals surface area contributed by atoms with E-state index in [9.17, 15) is 14.7 Å². The fourth-order valence-corrected chi connectivity index (χ4v) is 3.24. The zero-order chi connectivity index (χ0) is 15.0. The molecule has 21 heavy (non-hydrogen) atoms. The number of fused-ring (bicyclic) bond motifs is 1. The van der Waals surface area contributed by atoms with Crippen molar-refractivity contribution in [3.63, 3.8) is 0 Å². The molecule has 6 heteroatoms. The van der Waals surface area contributed by atoms with Gasteiger partial charge in [-0.1, -0.05) is 23.7 Å². The average molecular weight is 310 g/mol. The van der Waals surface area contributed by atoms with E-state index in [0.717, 1.165) is 5.56 Å². The van der Waals surface area contributed by atoms with Crippen LogP contribution in [0.4, 0.5) is 0 Å². The molecule has 0 aliphatic carbocycles. The Hall–Kier alpha value is -1.59. The van der Waals surface area contributed by atoms with Gasteiger partial charge >= 0.3 is 5.97 Å². The number of amides is 1. The van der Waals surface area contributed by atoms with E-state index in [0.29, 0.717) is 18.2 Å². The molecule has 2 fully saturated rings. The van der Waals surface area contributed by atoms with Gasteiger partial charge < -0.3 is 14.7 Å². The van der Waals surface area contributed by atoms with Crippen LogP contribution in [0.5, 0.6) is 0 Å². The number of ether oxygens (including phenoxy) is 1. The molecule has 3 rings (SSSR count). The third kappa shape index (κ3) is 2.51. The first kappa shape index (κ1) is 14.4. The van der Waals surface area contributed by atoms with Gasteiger partial charge in [0.25, 0.3) is 0 Å². The second-order valence-electron chi connectivity index (χ2n) is 5.75. The van der Waals surface area contributed by atoms with Gasteiger partial charge in [0.05, 0.1) is 19.6 Å². The summed E-state index contributed by atoms with van der Waals surface area (Å²) in [6, 6.07) is 7.12. The van der Waals surface area contributed by atoms with E-state index >= 15 is 0 Å². The molecule has 2 aliphatic heterocycles. The first-order valence-electron chi connectivity index (χ1n) is 6.85. The maximum absolute atomic E-state index is 12.4. The van der Waals surface area contributed by atoms with Gasteiger partial charge in [-0.05, 0) is 17.7 Å². The van der Waals surface area contributed by atoms with Crippen LogP contribution in [0.2, 0.25) is 5.02 Å². The highest BCUT2D eigenvalue weighted by Gasteiger charge is 2.57. The number of nitrogens with zero attached hydrogens (tertiary/aromatic N) is 1. The van der Waals surface area contributed by atoms with Crippen LogP contribution in [0.15, 0.2) is 24.3 Å². The zero-order valence-corrected chi connectivity index (χ0v) is 12.2. The number of carboxylic acids is 1. The van der Waals surface area contributed by atoms with Crippen molar-refractivity contribution in [3.8, 4) is 0 Å². The van der Waals surface area contributed by atoms with E-state index < -0.39 is 11.4 Å². The van der Waals surface area contributed by atoms with E-state index in [2.05, 4.69) is 0 Å². The molecular weight excluding hydrogens is 294 g/mol. The van der Waals surface area contributed by atoms with E-state index in [1.54, 1.807) is 17.0 Å². The Labute approximate surface area is 127 Å². The molecule has 2 aliphatic rings. The number of carbonyl (C=O) groups excluding carboxylic acids is 1. The van der Waals surface area contributed by atoms with Crippen LogP contribution in [0.25, 0.3) is 0 Å². The Morgan fingerprint density at radius 1 is 1.38 bits per heavy atom. The summed E-state index contributed by atoms with van der Waals surface area (Å²) in [5.74, 6) is -1.02. The van der Waals surface area contributed by atoms with E-state index in [-0.39, 0.29) is 31.4 Å². The molecule has 1 aromatic rings. The van der Waals surface area contributed by atoms with Crippen LogP contribution in [-0.4, -0.2) is 48.2 Å². The predicted octanol–water partition coefficient (Wildman–Crippen LogP) is 1.44. The van der Waals surface area contributed by atoms with Crippen molar-refractivity contribution in [2.45, 2.75) is 6.42 Å². The Morgan fingerprint density at radius 2 is 2.10 bits per heavy atom. The molecule has 2 atom stereocenters. The first-order chi connectivity index (χ1) is 10.0. The van der Waals surface area contributed by atoms with Gasteiger partial charge in [-0.2, -0.15) is 0 Å².